The molecule has 0 saturated carbocycles. The van der Waals surface area contributed by atoms with E-state index in [-0.39, 0.29) is 0 Å². The van der Waals surface area contributed by atoms with Crippen LogP contribution < -0.4 is 0 Å². The Bertz CT molecular complexity index is 315. The minimum Gasteiger partial charge on any atom is -0.298 e. The van der Waals surface area contributed by atoms with Crippen molar-refractivity contribution >= 4 is 28.3 Å². The number of carbonyl (C=O) groups is 1. The fourth-order valence-corrected chi connectivity index (χ4v) is 1.27. The van der Waals surface area contributed by atoms with Gasteiger partial charge in [-0.3, -0.25) is 4.79 Å². The molecular weight excluding hydrogens is 216 g/mol. The summed E-state index contributed by atoms with van der Waals surface area (Å²) in [6.45, 7) is 1.78. The molecule has 0 spiro atoms. The molecule has 1 aromatic rings. The van der Waals surface area contributed by atoms with Crippen molar-refractivity contribution in [1.82, 2.24) is 0 Å². The minimum atomic E-state index is 0.724. The number of carbonyl (C=O) groups excluding carboxylic acids is 1. The van der Waals surface area contributed by atoms with E-state index in [9.17, 15) is 4.79 Å². The summed E-state index contributed by atoms with van der Waals surface area (Å²) in [4.78, 5) is 10.3. The van der Waals surface area contributed by atoms with Gasteiger partial charge >= 0.3 is 0 Å². The predicted octanol–water partition coefficient (Wildman–Crippen LogP) is 3.05. The number of aldehydes is 1. The second-order valence-corrected chi connectivity index (χ2v) is 3.38. The summed E-state index contributed by atoms with van der Waals surface area (Å²) in [6.07, 6.45) is 2.69. The van der Waals surface area contributed by atoms with Crippen LogP contribution in [-0.4, -0.2) is 6.29 Å². The molecule has 1 nitrogen and oxygen atoms in total. The molecule has 0 radical (unpaired) electrons. The number of hydrogen-bond acceptors (Lipinski definition) is 1. The van der Waals surface area contributed by atoms with Gasteiger partial charge in [0.2, 0.25) is 0 Å². The lowest BCUT2D eigenvalue weighted by molar-refractivity contribution is -0.104. The molecule has 0 atom stereocenters. The van der Waals surface area contributed by atoms with Gasteiger partial charge in [0.15, 0.2) is 0 Å². The lowest BCUT2D eigenvalue weighted by atomic mass is 10.1. The summed E-state index contributed by atoms with van der Waals surface area (Å²) in [5, 5.41) is 0. The zero-order valence-corrected chi connectivity index (χ0v) is 8.34. The quantitative estimate of drug-likeness (QED) is 0.558. The molecule has 0 fully saturated rings. The Hall–Kier alpha value is -0.890. The average Bonchev–Trinajstić information content (AvgIpc) is 2.09. The average molecular weight is 225 g/mol. The minimum absolute atomic E-state index is 0.724. The number of allylic oxidation sites excluding steroid dienone is 1. The summed E-state index contributed by atoms with van der Waals surface area (Å²) in [6, 6.07) is 7.79. The largest absolute Gasteiger partial charge is 0.298 e. The van der Waals surface area contributed by atoms with Crippen LogP contribution in [0.2, 0.25) is 0 Å². The van der Waals surface area contributed by atoms with Crippen LogP contribution in [0.5, 0.6) is 0 Å². The summed E-state index contributed by atoms with van der Waals surface area (Å²) in [7, 11) is 0. The first-order chi connectivity index (χ1) is 5.74. The fourth-order valence-electron chi connectivity index (χ4n) is 0.871. The first-order valence-electron chi connectivity index (χ1n) is 3.62. The van der Waals surface area contributed by atoms with E-state index in [1.165, 1.54) is 0 Å². The molecule has 1 aromatic carbocycles. The van der Waals surface area contributed by atoms with Crippen molar-refractivity contribution in [1.29, 1.82) is 0 Å². The third-order valence-electron chi connectivity index (χ3n) is 1.47. The van der Waals surface area contributed by atoms with Gasteiger partial charge < -0.3 is 0 Å². The first-order valence-corrected chi connectivity index (χ1v) is 4.41. The molecule has 62 valence electrons. The molecular formula is C10H9BrO. The SMILES string of the molecule is C/C(C=O)=C\c1ccccc1Br. The van der Waals surface area contributed by atoms with E-state index in [1.807, 2.05) is 30.3 Å². The second-order valence-electron chi connectivity index (χ2n) is 2.53. The number of rotatable bonds is 2. The van der Waals surface area contributed by atoms with E-state index in [1.54, 1.807) is 6.92 Å². The fraction of sp³-hybridized carbons (Fsp3) is 0.100. The Kier molecular flexibility index (Phi) is 3.23. The van der Waals surface area contributed by atoms with Crippen LogP contribution in [0.1, 0.15) is 12.5 Å². The van der Waals surface area contributed by atoms with Crippen molar-refractivity contribution < 1.29 is 4.79 Å². The normalized spacial score (nSPS) is 11.3. The Morgan fingerprint density at radius 3 is 2.67 bits per heavy atom. The van der Waals surface area contributed by atoms with Crippen molar-refractivity contribution in [2.24, 2.45) is 0 Å². The van der Waals surface area contributed by atoms with Gasteiger partial charge in [-0.15, -0.1) is 0 Å². The van der Waals surface area contributed by atoms with E-state index >= 15 is 0 Å². The lowest BCUT2D eigenvalue weighted by Crippen LogP contribution is -1.78. The highest BCUT2D eigenvalue weighted by molar-refractivity contribution is 9.10. The highest BCUT2D eigenvalue weighted by Crippen LogP contribution is 2.18. The smallest absolute Gasteiger partial charge is 0.145 e. The molecule has 0 saturated heterocycles. The molecule has 1 rings (SSSR count). The van der Waals surface area contributed by atoms with E-state index in [2.05, 4.69) is 15.9 Å². The van der Waals surface area contributed by atoms with Crippen LogP contribution in [0.15, 0.2) is 34.3 Å². The van der Waals surface area contributed by atoms with Crippen molar-refractivity contribution in [2.45, 2.75) is 6.92 Å². The standard InChI is InChI=1S/C10H9BrO/c1-8(7-12)6-9-4-2-3-5-10(9)11/h2-7H,1H3/b8-6+. The first kappa shape index (κ1) is 9.20. The maximum Gasteiger partial charge on any atom is 0.145 e. The van der Waals surface area contributed by atoms with Gasteiger partial charge in [0.05, 0.1) is 0 Å². The van der Waals surface area contributed by atoms with E-state index in [0.29, 0.717) is 0 Å². The topological polar surface area (TPSA) is 17.1 Å². The van der Waals surface area contributed by atoms with E-state index < -0.39 is 0 Å². The van der Waals surface area contributed by atoms with Crippen LogP contribution in [-0.2, 0) is 4.79 Å². The highest BCUT2D eigenvalue weighted by atomic mass is 79.9. The summed E-state index contributed by atoms with van der Waals surface area (Å²) in [5.41, 5.74) is 1.75. The molecule has 0 aliphatic rings. The molecule has 0 aliphatic heterocycles. The molecule has 0 aromatic heterocycles. The Labute approximate surface area is 80.2 Å². The lowest BCUT2D eigenvalue weighted by Gasteiger charge is -1.96. The maximum absolute atomic E-state index is 10.3. The Balaban J connectivity index is 3.04. The summed E-state index contributed by atoms with van der Waals surface area (Å²) < 4.78 is 1.01. The monoisotopic (exact) mass is 224 g/mol. The van der Waals surface area contributed by atoms with Gasteiger partial charge in [0.25, 0.3) is 0 Å². The molecule has 12 heavy (non-hydrogen) atoms. The molecule has 0 aliphatic carbocycles. The van der Waals surface area contributed by atoms with Gasteiger partial charge in [-0.1, -0.05) is 34.1 Å². The summed E-state index contributed by atoms with van der Waals surface area (Å²) in [5.74, 6) is 0. The van der Waals surface area contributed by atoms with Crippen LogP contribution in [0.4, 0.5) is 0 Å². The van der Waals surface area contributed by atoms with Crippen molar-refractivity contribution in [3.63, 3.8) is 0 Å². The van der Waals surface area contributed by atoms with Crippen molar-refractivity contribution in [2.75, 3.05) is 0 Å². The molecule has 0 bridgehead atoms. The number of hydrogen-bond donors (Lipinski definition) is 0. The zero-order valence-electron chi connectivity index (χ0n) is 6.75. The third kappa shape index (κ3) is 2.31. The van der Waals surface area contributed by atoms with Crippen molar-refractivity contribution in [3.8, 4) is 0 Å². The van der Waals surface area contributed by atoms with E-state index in [4.69, 9.17) is 0 Å². The van der Waals surface area contributed by atoms with Crippen LogP contribution >= 0.6 is 15.9 Å². The molecule has 0 unspecified atom stereocenters. The Morgan fingerprint density at radius 1 is 1.42 bits per heavy atom. The zero-order chi connectivity index (χ0) is 8.97. The van der Waals surface area contributed by atoms with Crippen LogP contribution in [0, 0.1) is 0 Å². The summed E-state index contributed by atoms with van der Waals surface area (Å²) >= 11 is 3.39. The molecule has 2 heteroatoms. The second kappa shape index (κ2) is 4.21. The number of benzene rings is 1. The van der Waals surface area contributed by atoms with Crippen molar-refractivity contribution in [3.05, 3.63) is 39.9 Å². The molecule has 0 N–H and O–H groups in total. The van der Waals surface area contributed by atoms with Gasteiger partial charge in [-0.25, -0.2) is 0 Å². The van der Waals surface area contributed by atoms with Gasteiger partial charge in [-0.2, -0.15) is 0 Å². The highest BCUT2D eigenvalue weighted by Gasteiger charge is 1.93. The van der Waals surface area contributed by atoms with Crippen LogP contribution in [0.3, 0.4) is 0 Å². The third-order valence-corrected chi connectivity index (χ3v) is 2.20. The van der Waals surface area contributed by atoms with Crippen LogP contribution in [0.25, 0.3) is 6.08 Å². The molecule has 0 amide bonds. The maximum atomic E-state index is 10.3. The van der Waals surface area contributed by atoms with Gasteiger partial charge in [0, 0.05) is 4.47 Å². The van der Waals surface area contributed by atoms with Gasteiger partial charge in [-0.05, 0) is 30.2 Å². The van der Waals surface area contributed by atoms with E-state index in [0.717, 1.165) is 21.9 Å². The Morgan fingerprint density at radius 2 is 2.08 bits per heavy atom. The predicted molar refractivity (Wildman–Crippen MR) is 53.9 cm³/mol. The van der Waals surface area contributed by atoms with Gasteiger partial charge in [0.1, 0.15) is 6.29 Å². The number of halogens is 1. The molecule has 0 heterocycles.